The lowest BCUT2D eigenvalue weighted by molar-refractivity contribution is -0.152. The molecule has 2 amide bonds. The number of hydrogen-bond donors (Lipinski definition) is 3. The fourth-order valence-corrected chi connectivity index (χ4v) is 2.01. The smallest absolute Gasteiger partial charge is 0.329 e. The first kappa shape index (κ1) is 14.1. The van der Waals surface area contributed by atoms with Gasteiger partial charge in [-0.25, -0.2) is 4.79 Å². The third-order valence-electron chi connectivity index (χ3n) is 3.50. The Bertz CT molecular complexity index is 519. The maximum atomic E-state index is 11.9. The minimum absolute atomic E-state index is 0.307. The fourth-order valence-electron chi connectivity index (χ4n) is 2.01. The zero-order valence-corrected chi connectivity index (χ0v) is 11.0. The van der Waals surface area contributed by atoms with E-state index in [4.69, 9.17) is 9.52 Å². The van der Waals surface area contributed by atoms with Crippen molar-refractivity contribution in [1.82, 2.24) is 10.6 Å². The monoisotopic (exact) mass is 280 g/mol. The number of carbonyl (C=O) groups is 3. The van der Waals surface area contributed by atoms with E-state index in [1.807, 2.05) is 0 Å². The van der Waals surface area contributed by atoms with Crippen molar-refractivity contribution in [2.45, 2.75) is 37.8 Å². The second-order valence-electron chi connectivity index (χ2n) is 4.94. The van der Waals surface area contributed by atoms with Gasteiger partial charge in [-0.15, -0.1) is 0 Å². The van der Waals surface area contributed by atoms with Crippen LogP contribution in [0.1, 0.15) is 36.5 Å². The molecule has 1 heterocycles. The van der Waals surface area contributed by atoms with Crippen LogP contribution in [0.25, 0.3) is 0 Å². The molecule has 1 saturated carbocycles. The van der Waals surface area contributed by atoms with Crippen LogP contribution in [0.4, 0.5) is 0 Å². The number of aliphatic carboxylic acids is 1. The molecule has 0 bridgehead atoms. The normalized spacial score (nSPS) is 17.6. The summed E-state index contributed by atoms with van der Waals surface area (Å²) in [6.45, 7) is 1.50. The molecule has 0 aliphatic heterocycles. The topological polar surface area (TPSA) is 109 Å². The minimum atomic E-state index is -1.17. The fraction of sp³-hybridized carbons (Fsp3) is 0.462. The second-order valence-corrected chi connectivity index (χ2v) is 4.94. The van der Waals surface area contributed by atoms with Gasteiger partial charge in [-0.2, -0.15) is 0 Å². The van der Waals surface area contributed by atoms with Crippen LogP contribution >= 0.6 is 0 Å². The summed E-state index contributed by atoms with van der Waals surface area (Å²) in [7, 11) is 0. The zero-order valence-electron chi connectivity index (χ0n) is 11.0. The Morgan fingerprint density at radius 2 is 2.10 bits per heavy atom. The van der Waals surface area contributed by atoms with Gasteiger partial charge in [0, 0.05) is 0 Å². The van der Waals surface area contributed by atoms with Crippen molar-refractivity contribution >= 4 is 17.8 Å². The van der Waals surface area contributed by atoms with E-state index in [1.165, 1.54) is 25.5 Å². The average molecular weight is 280 g/mol. The van der Waals surface area contributed by atoms with Gasteiger partial charge < -0.3 is 20.2 Å². The highest BCUT2D eigenvalue weighted by Crippen LogP contribution is 2.32. The summed E-state index contributed by atoms with van der Waals surface area (Å²) >= 11 is 0. The van der Waals surface area contributed by atoms with Gasteiger partial charge in [-0.05, 0) is 32.3 Å². The second kappa shape index (κ2) is 5.36. The van der Waals surface area contributed by atoms with Crippen molar-refractivity contribution in [2.24, 2.45) is 0 Å². The molecule has 3 N–H and O–H groups in total. The predicted molar refractivity (Wildman–Crippen MR) is 68.0 cm³/mol. The highest BCUT2D eigenvalue weighted by molar-refractivity contribution is 5.98. The molecular formula is C13H16N2O5. The van der Waals surface area contributed by atoms with Crippen LogP contribution in [0.5, 0.6) is 0 Å². The van der Waals surface area contributed by atoms with Crippen LogP contribution in [-0.4, -0.2) is 34.5 Å². The number of rotatable bonds is 5. The summed E-state index contributed by atoms with van der Waals surface area (Å²) in [5, 5.41) is 14.1. The largest absolute Gasteiger partial charge is 0.480 e. The maximum Gasteiger partial charge on any atom is 0.329 e. The van der Waals surface area contributed by atoms with E-state index in [9.17, 15) is 14.4 Å². The first-order valence-electron chi connectivity index (χ1n) is 6.33. The SMILES string of the molecule is CC(NC(=O)c1ccoc1)C(=O)NC1(C(=O)O)CCC1. The van der Waals surface area contributed by atoms with Crippen molar-refractivity contribution in [1.29, 1.82) is 0 Å². The lowest BCUT2D eigenvalue weighted by Gasteiger charge is -2.38. The summed E-state index contributed by atoms with van der Waals surface area (Å²) in [4.78, 5) is 34.8. The Morgan fingerprint density at radius 1 is 1.40 bits per heavy atom. The number of furan rings is 1. The Hall–Kier alpha value is -2.31. The molecule has 1 atom stereocenters. The third kappa shape index (κ3) is 2.66. The first-order chi connectivity index (χ1) is 9.44. The number of amides is 2. The molecule has 1 unspecified atom stereocenters. The lowest BCUT2D eigenvalue weighted by atomic mass is 9.76. The van der Waals surface area contributed by atoms with Gasteiger partial charge in [-0.1, -0.05) is 0 Å². The van der Waals surface area contributed by atoms with E-state index in [-0.39, 0.29) is 0 Å². The molecule has 1 fully saturated rings. The summed E-state index contributed by atoms with van der Waals surface area (Å²) in [5.74, 6) is -1.99. The molecule has 0 spiro atoms. The molecule has 2 rings (SSSR count). The minimum Gasteiger partial charge on any atom is -0.480 e. The van der Waals surface area contributed by atoms with Crippen molar-refractivity contribution in [3.8, 4) is 0 Å². The molecule has 1 aromatic heterocycles. The summed E-state index contributed by atoms with van der Waals surface area (Å²) in [5.41, 5.74) is -0.868. The van der Waals surface area contributed by atoms with Crippen molar-refractivity contribution < 1.29 is 23.9 Å². The first-order valence-corrected chi connectivity index (χ1v) is 6.33. The van der Waals surface area contributed by atoms with Gasteiger partial charge in [0.1, 0.15) is 17.8 Å². The van der Waals surface area contributed by atoms with Gasteiger partial charge in [0.2, 0.25) is 5.91 Å². The average Bonchev–Trinajstić information content (AvgIpc) is 2.86. The lowest BCUT2D eigenvalue weighted by Crippen LogP contribution is -2.62. The van der Waals surface area contributed by atoms with Gasteiger partial charge >= 0.3 is 5.97 Å². The Balaban J connectivity index is 1.92. The van der Waals surface area contributed by atoms with E-state index in [1.54, 1.807) is 0 Å². The number of hydrogen-bond acceptors (Lipinski definition) is 4. The van der Waals surface area contributed by atoms with Crippen LogP contribution in [-0.2, 0) is 9.59 Å². The molecule has 0 aromatic carbocycles. The van der Waals surface area contributed by atoms with Crippen LogP contribution < -0.4 is 10.6 Å². The molecule has 0 radical (unpaired) electrons. The maximum absolute atomic E-state index is 11.9. The van der Waals surface area contributed by atoms with Gasteiger partial charge in [-0.3, -0.25) is 9.59 Å². The van der Waals surface area contributed by atoms with E-state index >= 15 is 0 Å². The molecule has 20 heavy (non-hydrogen) atoms. The molecule has 7 heteroatoms. The van der Waals surface area contributed by atoms with Crippen molar-refractivity contribution in [2.75, 3.05) is 0 Å². The van der Waals surface area contributed by atoms with Crippen LogP contribution in [0, 0.1) is 0 Å². The van der Waals surface area contributed by atoms with Crippen molar-refractivity contribution in [3.63, 3.8) is 0 Å². The van der Waals surface area contributed by atoms with E-state index in [2.05, 4.69) is 10.6 Å². The van der Waals surface area contributed by atoms with E-state index in [0.29, 0.717) is 18.4 Å². The number of carboxylic acids is 1. The van der Waals surface area contributed by atoms with Crippen LogP contribution in [0.2, 0.25) is 0 Å². The Kier molecular flexibility index (Phi) is 3.78. The van der Waals surface area contributed by atoms with E-state index in [0.717, 1.165) is 6.42 Å². The summed E-state index contributed by atoms with van der Waals surface area (Å²) < 4.78 is 4.78. The number of nitrogens with one attached hydrogen (secondary N) is 2. The zero-order chi connectivity index (χ0) is 14.8. The summed E-state index contributed by atoms with van der Waals surface area (Å²) in [6.07, 6.45) is 4.22. The molecule has 1 aliphatic rings. The molecule has 1 aliphatic carbocycles. The number of carbonyl (C=O) groups excluding carboxylic acids is 2. The quantitative estimate of drug-likeness (QED) is 0.728. The highest BCUT2D eigenvalue weighted by Gasteiger charge is 2.46. The molecule has 108 valence electrons. The third-order valence-corrected chi connectivity index (χ3v) is 3.50. The van der Waals surface area contributed by atoms with Gasteiger partial charge in [0.15, 0.2) is 0 Å². The summed E-state index contributed by atoms with van der Waals surface area (Å²) in [6, 6.07) is 0.652. The van der Waals surface area contributed by atoms with Crippen LogP contribution in [0.15, 0.2) is 23.0 Å². The molecule has 0 saturated heterocycles. The molecular weight excluding hydrogens is 264 g/mol. The number of carboxylic acid groups (broad SMARTS) is 1. The molecule has 1 aromatic rings. The van der Waals surface area contributed by atoms with Gasteiger partial charge in [0.05, 0.1) is 11.8 Å². The highest BCUT2D eigenvalue weighted by atomic mass is 16.4. The Labute approximate surface area is 115 Å². The van der Waals surface area contributed by atoms with Gasteiger partial charge in [0.25, 0.3) is 5.91 Å². The standard InChI is InChI=1S/C13H16N2O5/c1-8(14-11(17)9-3-6-20-7-9)10(16)15-13(12(18)19)4-2-5-13/h3,6-8H,2,4-5H2,1H3,(H,14,17)(H,15,16)(H,18,19). The van der Waals surface area contributed by atoms with Crippen LogP contribution in [0.3, 0.4) is 0 Å². The molecule has 7 nitrogen and oxygen atoms in total. The predicted octanol–water partition coefficient (Wildman–Crippen LogP) is 0.521. The Morgan fingerprint density at radius 3 is 2.55 bits per heavy atom. The van der Waals surface area contributed by atoms with E-state index < -0.39 is 29.4 Å². The van der Waals surface area contributed by atoms with Crippen molar-refractivity contribution in [3.05, 3.63) is 24.2 Å².